The molecule has 176 valence electrons. The topological polar surface area (TPSA) is 88.6 Å². The number of cyclic esters (lactones) is 1. The van der Waals surface area contributed by atoms with Crippen LogP contribution in [0.15, 0.2) is 67.0 Å². The molecule has 2 atom stereocenters. The van der Waals surface area contributed by atoms with Crippen LogP contribution in [0.25, 0.3) is 11.1 Å². The molecular formula is C25H24FN3O4S. The molecule has 1 saturated heterocycles. The van der Waals surface area contributed by atoms with Crippen LogP contribution in [0, 0.1) is 5.82 Å². The SMILES string of the molecule is CC(=O)NC[C@H]1CN(c2ccc(-c3ccc(CS(=O)Cc4ccncc4)cc3)c(F)c2)C(=O)O1. The Morgan fingerprint density at radius 3 is 2.44 bits per heavy atom. The van der Waals surface area contributed by atoms with Gasteiger partial charge in [-0.05, 0) is 47.0 Å². The molecule has 1 unspecified atom stereocenters. The Bertz CT molecular complexity index is 1200. The molecule has 2 heterocycles. The van der Waals surface area contributed by atoms with Crippen LogP contribution in [0.4, 0.5) is 14.9 Å². The maximum atomic E-state index is 14.9. The molecule has 3 aromatic rings. The van der Waals surface area contributed by atoms with E-state index in [1.54, 1.807) is 36.7 Å². The zero-order chi connectivity index (χ0) is 24.1. The molecule has 34 heavy (non-hydrogen) atoms. The number of hydrogen-bond donors (Lipinski definition) is 1. The Hall–Kier alpha value is -3.59. The number of anilines is 1. The van der Waals surface area contributed by atoms with Gasteiger partial charge in [-0.25, -0.2) is 9.18 Å². The summed E-state index contributed by atoms with van der Waals surface area (Å²) in [5, 5.41) is 2.61. The van der Waals surface area contributed by atoms with Crippen molar-refractivity contribution in [3.63, 3.8) is 0 Å². The Balaban J connectivity index is 1.40. The van der Waals surface area contributed by atoms with E-state index in [1.807, 2.05) is 24.3 Å². The Kier molecular flexibility index (Phi) is 7.32. The number of carbonyl (C=O) groups is 2. The molecule has 1 N–H and O–H groups in total. The summed E-state index contributed by atoms with van der Waals surface area (Å²) in [6.45, 7) is 1.82. The van der Waals surface area contributed by atoms with E-state index in [0.717, 1.165) is 11.1 Å². The molecule has 0 aliphatic carbocycles. The van der Waals surface area contributed by atoms with Crippen LogP contribution < -0.4 is 10.2 Å². The molecule has 1 fully saturated rings. The molecular weight excluding hydrogens is 457 g/mol. The van der Waals surface area contributed by atoms with E-state index >= 15 is 0 Å². The number of hydrogen-bond acceptors (Lipinski definition) is 5. The van der Waals surface area contributed by atoms with Crippen molar-refractivity contribution in [1.82, 2.24) is 10.3 Å². The first-order valence-electron chi connectivity index (χ1n) is 10.7. The van der Waals surface area contributed by atoms with Crippen molar-refractivity contribution in [2.24, 2.45) is 0 Å². The average molecular weight is 482 g/mol. The van der Waals surface area contributed by atoms with Gasteiger partial charge in [0.2, 0.25) is 5.91 Å². The van der Waals surface area contributed by atoms with Crippen molar-refractivity contribution in [2.45, 2.75) is 24.5 Å². The van der Waals surface area contributed by atoms with Crippen molar-refractivity contribution in [3.8, 4) is 11.1 Å². The highest BCUT2D eigenvalue weighted by Gasteiger charge is 2.32. The van der Waals surface area contributed by atoms with Crippen LogP contribution in [0.3, 0.4) is 0 Å². The monoisotopic (exact) mass is 481 g/mol. The van der Waals surface area contributed by atoms with Gasteiger partial charge in [-0.3, -0.25) is 18.9 Å². The Morgan fingerprint density at radius 1 is 1.12 bits per heavy atom. The number of halogens is 1. The van der Waals surface area contributed by atoms with Crippen molar-refractivity contribution in [3.05, 3.63) is 83.9 Å². The van der Waals surface area contributed by atoms with E-state index in [2.05, 4.69) is 10.3 Å². The van der Waals surface area contributed by atoms with E-state index in [-0.39, 0.29) is 19.0 Å². The first-order valence-corrected chi connectivity index (χ1v) is 12.2. The number of nitrogens with one attached hydrogen (secondary N) is 1. The number of aromatic nitrogens is 1. The van der Waals surface area contributed by atoms with Gasteiger partial charge in [-0.2, -0.15) is 0 Å². The van der Waals surface area contributed by atoms with Crippen LogP contribution in [0.2, 0.25) is 0 Å². The van der Waals surface area contributed by atoms with E-state index < -0.39 is 28.8 Å². The molecule has 1 aromatic heterocycles. The molecule has 1 aliphatic heterocycles. The molecule has 0 radical (unpaired) electrons. The third-order valence-corrected chi connectivity index (χ3v) is 6.70. The largest absolute Gasteiger partial charge is 0.442 e. The summed E-state index contributed by atoms with van der Waals surface area (Å²) in [7, 11) is -1.07. The van der Waals surface area contributed by atoms with Crippen LogP contribution >= 0.6 is 0 Å². The van der Waals surface area contributed by atoms with E-state index in [0.29, 0.717) is 28.3 Å². The minimum Gasteiger partial charge on any atom is -0.442 e. The molecule has 1 aliphatic rings. The van der Waals surface area contributed by atoms with Crippen LogP contribution in [-0.2, 0) is 31.8 Å². The lowest BCUT2D eigenvalue weighted by Crippen LogP contribution is -2.33. The van der Waals surface area contributed by atoms with E-state index in [1.165, 1.54) is 17.9 Å². The lowest BCUT2D eigenvalue weighted by Gasteiger charge is -2.14. The van der Waals surface area contributed by atoms with Gasteiger partial charge >= 0.3 is 6.09 Å². The fraction of sp³-hybridized carbons (Fsp3) is 0.240. The third-order valence-electron chi connectivity index (χ3n) is 5.39. The second-order valence-corrected chi connectivity index (χ2v) is 9.46. The smallest absolute Gasteiger partial charge is 0.414 e. The molecule has 2 amide bonds. The summed E-state index contributed by atoms with van der Waals surface area (Å²) in [6, 6.07) is 15.6. The van der Waals surface area contributed by atoms with Gasteiger partial charge in [-0.15, -0.1) is 0 Å². The van der Waals surface area contributed by atoms with Gasteiger partial charge in [0, 0.05) is 47.2 Å². The molecule has 2 aromatic carbocycles. The second kappa shape index (κ2) is 10.6. The Morgan fingerprint density at radius 2 is 1.79 bits per heavy atom. The first-order chi connectivity index (χ1) is 16.4. The zero-order valence-electron chi connectivity index (χ0n) is 18.6. The summed E-state index contributed by atoms with van der Waals surface area (Å²) < 4.78 is 32.6. The number of carbonyl (C=O) groups excluding carboxylic acids is 2. The highest BCUT2D eigenvalue weighted by Crippen LogP contribution is 2.29. The average Bonchev–Trinajstić information content (AvgIpc) is 3.19. The standard InChI is InChI=1S/C25H24FN3O4S/c1-17(30)28-13-22-14-29(25(31)33-22)21-6-7-23(24(26)12-21)20-4-2-18(3-5-20)15-34(32)16-19-8-10-27-11-9-19/h2-12,22H,13-16H2,1H3,(H,28,30)/t22-,34?/m0/s1. The third kappa shape index (κ3) is 5.85. The van der Waals surface area contributed by atoms with Gasteiger partial charge in [0.15, 0.2) is 0 Å². The summed E-state index contributed by atoms with van der Waals surface area (Å²) in [6.07, 6.45) is 2.29. The molecule has 0 saturated carbocycles. The number of rotatable bonds is 8. The fourth-order valence-electron chi connectivity index (χ4n) is 3.68. The summed E-state index contributed by atoms with van der Waals surface area (Å²) >= 11 is 0. The minimum atomic E-state index is -1.07. The first kappa shape index (κ1) is 23.6. The highest BCUT2D eigenvalue weighted by atomic mass is 32.2. The molecule has 0 bridgehead atoms. The molecule has 0 spiro atoms. The van der Waals surface area contributed by atoms with Gasteiger partial charge in [0.25, 0.3) is 0 Å². The number of ether oxygens (including phenoxy) is 1. The summed E-state index contributed by atoms with van der Waals surface area (Å²) in [4.78, 5) is 28.6. The predicted molar refractivity (Wildman–Crippen MR) is 128 cm³/mol. The lowest BCUT2D eigenvalue weighted by molar-refractivity contribution is -0.119. The second-order valence-electron chi connectivity index (χ2n) is 8.00. The lowest BCUT2D eigenvalue weighted by atomic mass is 10.0. The zero-order valence-corrected chi connectivity index (χ0v) is 19.4. The maximum Gasteiger partial charge on any atom is 0.414 e. The van der Waals surface area contributed by atoms with Crippen molar-refractivity contribution in [2.75, 3.05) is 18.0 Å². The summed E-state index contributed by atoms with van der Waals surface area (Å²) in [5.74, 6) is 0.173. The predicted octanol–water partition coefficient (Wildman–Crippen LogP) is 3.80. The van der Waals surface area contributed by atoms with E-state index in [4.69, 9.17) is 4.74 Å². The fourth-order valence-corrected chi connectivity index (χ4v) is 4.92. The quantitative estimate of drug-likeness (QED) is 0.529. The number of amides is 2. The highest BCUT2D eigenvalue weighted by molar-refractivity contribution is 7.83. The van der Waals surface area contributed by atoms with Crippen LogP contribution in [-0.4, -0.2) is 40.4 Å². The minimum absolute atomic E-state index is 0.206. The molecule has 9 heteroatoms. The van der Waals surface area contributed by atoms with Crippen LogP contribution in [0.1, 0.15) is 18.1 Å². The van der Waals surface area contributed by atoms with E-state index in [9.17, 15) is 18.2 Å². The molecule has 7 nitrogen and oxygen atoms in total. The van der Waals surface area contributed by atoms with Gasteiger partial charge < -0.3 is 10.1 Å². The van der Waals surface area contributed by atoms with Gasteiger partial charge in [0.1, 0.15) is 11.9 Å². The van der Waals surface area contributed by atoms with Gasteiger partial charge in [0.05, 0.1) is 18.8 Å². The Labute approximate surface area is 199 Å². The van der Waals surface area contributed by atoms with Crippen molar-refractivity contribution >= 4 is 28.5 Å². The maximum absolute atomic E-state index is 14.9. The number of benzene rings is 2. The van der Waals surface area contributed by atoms with Crippen molar-refractivity contribution in [1.29, 1.82) is 0 Å². The normalized spacial score (nSPS) is 16.2. The van der Waals surface area contributed by atoms with Crippen molar-refractivity contribution < 1.29 is 22.9 Å². The number of nitrogens with zero attached hydrogens (tertiary/aromatic N) is 2. The number of pyridine rings is 1. The van der Waals surface area contributed by atoms with Crippen LogP contribution in [0.5, 0.6) is 0 Å². The summed E-state index contributed by atoms with van der Waals surface area (Å²) in [5.41, 5.74) is 3.34. The molecule has 4 rings (SSSR count). The van der Waals surface area contributed by atoms with Gasteiger partial charge in [-0.1, -0.05) is 24.3 Å².